The number of hydrogen-bond donors (Lipinski definition) is 3. The van der Waals surface area contributed by atoms with Crippen LogP contribution in [-0.2, 0) is 26.0 Å². The number of amides is 1. The molecule has 2 rings (SSSR count). The van der Waals surface area contributed by atoms with Gasteiger partial charge < -0.3 is 10.4 Å². The van der Waals surface area contributed by atoms with Gasteiger partial charge in [-0.2, -0.15) is 0 Å². The van der Waals surface area contributed by atoms with Crippen LogP contribution < -0.4 is 10.0 Å². The lowest BCUT2D eigenvalue weighted by Gasteiger charge is -2.13. The highest BCUT2D eigenvalue weighted by atomic mass is 35.5. The fourth-order valence-electron chi connectivity index (χ4n) is 1.70. The Morgan fingerprint density at radius 2 is 2.15 bits per heavy atom. The minimum absolute atomic E-state index is 0.0509. The molecule has 1 aliphatic rings. The van der Waals surface area contributed by atoms with Crippen molar-refractivity contribution in [1.29, 1.82) is 0 Å². The number of carboxylic acid groups (broad SMARTS) is 1. The monoisotopic (exact) mass is 318 g/mol. The second kappa shape index (κ2) is 4.95. The van der Waals surface area contributed by atoms with Crippen molar-refractivity contribution in [3.8, 4) is 0 Å². The molecule has 0 saturated heterocycles. The fourth-order valence-corrected chi connectivity index (χ4v) is 2.89. The van der Waals surface area contributed by atoms with E-state index in [0.717, 1.165) is 6.92 Å². The number of aliphatic carboxylic acids is 1. The Morgan fingerprint density at radius 1 is 1.50 bits per heavy atom. The van der Waals surface area contributed by atoms with Gasteiger partial charge in [0, 0.05) is 5.69 Å². The zero-order chi connectivity index (χ0) is 15.1. The van der Waals surface area contributed by atoms with Crippen molar-refractivity contribution >= 4 is 44.9 Å². The zero-order valence-electron chi connectivity index (χ0n) is 10.3. The summed E-state index contributed by atoms with van der Waals surface area (Å²) in [5, 5.41) is 9.78. The van der Waals surface area contributed by atoms with Crippen LogP contribution in [0.3, 0.4) is 0 Å². The van der Waals surface area contributed by atoms with Crippen LogP contribution in [0.5, 0.6) is 0 Å². The number of halogens is 1. The van der Waals surface area contributed by atoms with Crippen LogP contribution >= 0.6 is 11.6 Å². The molecule has 3 N–H and O–H groups in total. The minimum Gasteiger partial charge on any atom is -0.480 e. The number of nitrogens with one attached hydrogen (secondary N) is 2. The predicted octanol–water partition coefficient (Wildman–Crippen LogP) is 1.05. The molecule has 9 heteroatoms. The third-order valence-electron chi connectivity index (χ3n) is 2.88. The van der Waals surface area contributed by atoms with Gasteiger partial charge in [0.1, 0.15) is 0 Å². The van der Waals surface area contributed by atoms with Gasteiger partial charge >= 0.3 is 5.97 Å². The lowest BCUT2D eigenvalue weighted by atomic mass is 10.1. The van der Waals surface area contributed by atoms with Crippen molar-refractivity contribution in [2.45, 2.75) is 18.6 Å². The number of anilines is 2. The third-order valence-corrected chi connectivity index (χ3v) is 4.83. The molecule has 0 bridgehead atoms. The Morgan fingerprint density at radius 3 is 2.75 bits per heavy atom. The largest absolute Gasteiger partial charge is 0.480 e. The maximum Gasteiger partial charge on any atom is 0.323 e. The fraction of sp³-hybridized carbons (Fsp3) is 0.273. The molecule has 108 valence electrons. The Bertz CT molecular complexity index is 701. The van der Waals surface area contributed by atoms with Gasteiger partial charge in [-0.05, 0) is 24.6 Å². The van der Waals surface area contributed by atoms with Gasteiger partial charge in [0.2, 0.25) is 15.9 Å². The number of hydrogen-bond acceptors (Lipinski definition) is 4. The Kier molecular flexibility index (Phi) is 3.61. The third kappa shape index (κ3) is 2.70. The molecule has 0 spiro atoms. The van der Waals surface area contributed by atoms with Gasteiger partial charge in [-0.25, -0.2) is 8.42 Å². The molecule has 1 aromatic carbocycles. The van der Waals surface area contributed by atoms with E-state index in [0.29, 0.717) is 11.3 Å². The van der Waals surface area contributed by atoms with Gasteiger partial charge in [-0.3, -0.25) is 14.3 Å². The highest BCUT2D eigenvalue weighted by Gasteiger charge is 2.29. The molecular formula is C11H11ClN2O5S. The van der Waals surface area contributed by atoms with Crippen molar-refractivity contribution < 1.29 is 23.1 Å². The molecule has 0 aliphatic carbocycles. The molecular weight excluding hydrogens is 308 g/mol. The van der Waals surface area contributed by atoms with Crippen molar-refractivity contribution in [3.05, 3.63) is 22.7 Å². The summed E-state index contributed by atoms with van der Waals surface area (Å²) in [6.07, 6.45) is 0.121. The summed E-state index contributed by atoms with van der Waals surface area (Å²) in [4.78, 5) is 22.0. The molecule has 7 nitrogen and oxygen atoms in total. The van der Waals surface area contributed by atoms with E-state index < -0.39 is 21.2 Å². The minimum atomic E-state index is -4.11. The number of carbonyl (C=O) groups is 2. The van der Waals surface area contributed by atoms with Gasteiger partial charge in [-0.15, -0.1) is 0 Å². The van der Waals surface area contributed by atoms with Crippen molar-refractivity contribution in [2.24, 2.45) is 0 Å². The van der Waals surface area contributed by atoms with Crippen LogP contribution in [0.4, 0.5) is 11.4 Å². The van der Waals surface area contributed by atoms with Crippen LogP contribution in [0.15, 0.2) is 12.1 Å². The molecule has 0 radical (unpaired) electrons. The predicted molar refractivity (Wildman–Crippen MR) is 73.4 cm³/mol. The number of fused-ring (bicyclic) bond motifs is 1. The first kappa shape index (κ1) is 14.6. The summed E-state index contributed by atoms with van der Waals surface area (Å²) in [5.74, 6) is -1.68. The average molecular weight is 319 g/mol. The maximum absolute atomic E-state index is 11.8. The molecule has 1 amide bonds. The van der Waals surface area contributed by atoms with Gasteiger partial charge in [0.05, 0.1) is 17.1 Å². The zero-order valence-corrected chi connectivity index (χ0v) is 11.9. The number of carboxylic acids is 1. The van der Waals surface area contributed by atoms with Crippen LogP contribution in [0, 0.1) is 0 Å². The first-order valence-corrected chi connectivity index (χ1v) is 7.50. The van der Waals surface area contributed by atoms with E-state index in [4.69, 9.17) is 16.7 Å². The molecule has 1 heterocycles. The van der Waals surface area contributed by atoms with E-state index in [1.165, 1.54) is 12.1 Å². The Balaban J connectivity index is 2.34. The first-order chi connectivity index (χ1) is 9.20. The molecule has 0 saturated carbocycles. The lowest BCUT2D eigenvalue weighted by Crippen LogP contribution is -2.32. The van der Waals surface area contributed by atoms with Gasteiger partial charge in [-0.1, -0.05) is 11.6 Å². The lowest BCUT2D eigenvalue weighted by molar-refractivity contribution is -0.136. The van der Waals surface area contributed by atoms with E-state index in [1.54, 1.807) is 0 Å². The van der Waals surface area contributed by atoms with Crippen LogP contribution in [0.2, 0.25) is 5.02 Å². The van der Waals surface area contributed by atoms with Crippen LogP contribution in [-0.4, -0.2) is 30.7 Å². The molecule has 0 fully saturated rings. The van der Waals surface area contributed by atoms with Crippen molar-refractivity contribution in [3.63, 3.8) is 0 Å². The highest BCUT2D eigenvalue weighted by Crippen LogP contribution is 2.33. The van der Waals surface area contributed by atoms with Crippen LogP contribution in [0.25, 0.3) is 0 Å². The smallest absolute Gasteiger partial charge is 0.323 e. The number of sulfonamides is 1. The quantitative estimate of drug-likeness (QED) is 0.768. The SMILES string of the molecule is CC(C(=O)O)S(=O)(=O)Nc1cc2c(cc1Cl)NC(=O)C2. The standard InChI is InChI=1S/C11H11ClN2O5S/c1-5(11(16)17)20(18,19)14-9-2-6-3-10(15)13-8(6)4-7(9)12/h2,4-5,14H,3H2,1H3,(H,13,15)(H,16,17). The van der Waals surface area contributed by atoms with Crippen molar-refractivity contribution in [1.82, 2.24) is 0 Å². The normalized spacial score (nSPS) is 15.4. The number of carbonyl (C=O) groups excluding carboxylic acids is 1. The summed E-state index contributed by atoms with van der Waals surface area (Å²) in [5.41, 5.74) is 1.17. The maximum atomic E-state index is 11.8. The summed E-state index contributed by atoms with van der Waals surface area (Å²) < 4.78 is 25.8. The molecule has 0 aromatic heterocycles. The van der Waals surface area contributed by atoms with E-state index in [1.807, 2.05) is 0 Å². The summed E-state index contributed by atoms with van der Waals surface area (Å²) in [6.45, 7) is 1.05. The Labute approximate surface area is 120 Å². The van der Waals surface area contributed by atoms with Crippen LogP contribution in [0.1, 0.15) is 12.5 Å². The first-order valence-electron chi connectivity index (χ1n) is 5.57. The van der Waals surface area contributed by atoms with E-state index in [9.17, 15) is 18.0 Å². The molecule has 1 unspecified atom stereocenters. The second-order valence-electron chi connectivity index (χ2n) is 4.34. The highest BCUT2D eigenvalue weighted by molar-refractivity contribution is 7.94. The number of benzene rings is 1. The molecule has 1 aliphatic heterocycles. The second-order valence-corrected chi connectivity index (χ2v) is 6.75. The Hall–Kier alpha value is -1.80. The van der Waals surface area contributed by atoms with Gasteiger partial charge in [0.25, 0.3) is 0 Å². The van der Waals surface area contributed by atoms with Crippen molar-refractivity contribution in [2.75, 3.05) is 10.0 Å². The molecule has 1 aromatic rings. The number of rotatable bonds is 4. The van der Waals surface area contributed by atoms with E-state index in [2.05, 4.69) is 10.0 Å². The van der Waals surface area contributed by atoms with E-state index >= 15 is 0 Å². The summed E-state index contributed by atoms with van der Waals surface area (Å²) in [7, 11) is -4.11. The van der Waals surface area contributed by atoms with E-state index in [-0.39, 0.29) is 23.0 Å². The molecule has 1 atom stereocenters. The summed E-state index contributed by atoms with van der Waals surface area (Å²) >= 11 is 5.92. The molecule has 20 heavy (non-hydrogen) atoms. The van der Waals surface area contributed by atoms with Gasteiger partial charge in [0.15, 0.2) is 5.25 Å². The topological polar surface area (TPSA) is 113 Å². The summed E-state index contributed by atoms with van der Waals surface area (Å²) in [6, 6.07) is 2.84. The average Bonchev–Trinajstić information content (AvgIpc) is 2.67.